The van der Waals surface area contributed by atoms with Crippen LogP contribution in [0.2, 0.25) is 0 Å². The summed E-state index contributed by atoms with van der Waals surface area (Å²) in [5, 5.41) is 12.7. The molecular weight excluding hydrogens is 512 g/mol. The molecule has 39 heavy (non-hydrogen) atoms. The fraction of sp³-hybridized carbons (Fsp3) is 0.321. The number of nitrogens with one attached hydrogen (secondary N) is 2. The summed E-state index contributed by atoms with van der Waals surface area (Å²) < 4.78 is 0. The number of likely N-dealkylation sites (tertiary alicyclic amines) is 1. The summed E-state index contributed by atoms with van der Waals surface area (Å²) in [6.07, 6.45) is 3.48. The smallest absolute Gasteiger partial charge is 0.320 e. The molecule has 0 radical (unpaired) electrons. The lowest BCUT2D eigenvalue weighted by molar-refractivity contribution is 0.102. The number of aromatic amines is 1. The third-order valence-electron chi connectivity index (χ3n) is 7.30. The molecule has 2 N–H and O–H groups in total. The molecule has 200 valence electrons. The maximum atomic E-state index is 13.1. The Morgan fingerprint density at radius 2 is 1.67 bits per heavy atom. The number of nitrogens with zero attached hydrogens (tertiary/aromatic N) is 6. The van der Waals surface area contributed by atoms with Crippen LogP contribution >= 0.6 is 11.3 Å². The van der Waals surface area contributed by atoms with Gasteiger partial charge in [0.25, 0.3) is 5.91 Å². The Morgan fingerprint density at radius 1 is 0.923 bits per heavy atom. The number of hydrogen-bond acceptors (Lipinski definition) is 7. The number of rotatable bonds is 5. The third kappa shape index (κ3) is 5.63. The highest BCUT2D eigenvalue weighted by Gasteiger charge is 2.30. The van der Waals surface area contributed by atoms with Gasteiger partial charge in [0.1, 0.15) is 11.5 Å². The van der Waals surface area contributed by atoms with Crippen LogP contribution in [0.25, 0.3) is 11.3 Å². The Bertz CT molecular complexity index is 1410. The Kier molecular flexibility index (Phi) is 7.22. The van der Waals surface area contributed by atoms with E-state index in [2.05, 4.69) is 30.4 Å². The Morgan fingerprint density at radius 3 is 2.41 bits per heavy atom. The highest BCUT2D eigenvalue weighted by atomic mass is 32.1. The molecule has 3 aromatic heterocycles. The van der Waals surface area contributed by atoms with Crippen molar-refractivity contribution in [2.24, 2.45) is 0 Å². The van der Waals surface area contributed by atoms with E-state index in [0.29, 0.717) is 37.7 Å². The molecule has 2 saturated heterocycles. The summed E-state index contributed by atoms with van der Waals surface area (Å²) in [5.41, 5.74) is 2.22. The minimum Gasteiger partial charge on any atom is -0.353 e. The topological polar surface area (TPSA) is 110 Å². The second-order valence-electron chi connectivity index (χ2n) is 9.76. The molecule has 11 heteroatoms. The molecule has 6 rings (SSSR count). The summed E-state index contributed by atoms with van der Waals surface area (Å²) in [6, 6.07) is 17.7. The molecule has 0 bridgehead atoms. The lowest BCUT2D eigenvalue weighted by atomic mass is 9.98. The van der Waals surface area contributed by atoms with Crippen molar-refractivity contribution in [2.75, 3.05) is 49.5 Å². The SMILES string of the molecule is O=C(Nc1cc(-c2ccccc2)[nH]n1)c1csc(C2CCN(C(=O)N3CCN(c4ccccn4)CC3)CC2)n1. The fourth-order valence-corrected chi connectivity index (χ4v) is 6.07. The van der Waals surface area contributed by atoms with Crippen molar-refractivity contribution in [1.82, 2.24) is 30.0 Å². The molecule has 3 amide bonds. The van der Waals surface area contributed by atoms with Gasteiger partial charge in [-0.2, -0.15) is 5.10 Å². The van der Waals surface area contributed by atoms with Gasteiger partial charge in [0, 0.05) is 62.8 Å². The van der Waals surface area contributed by atoms with Crippen LogP contribution in [0.5, 0.6) is 0 Å². The Labute approximate surface area is 230 Å². The van der Waals surface area contributed by atoms with Gasteiger partial charge >= 0.3 is 6.03 Å². The van der Waals surface area contributed by atoms with E-state index in [1.165, 1.54) is 11.3 Å². The van der Waals surface area contributed by atoms with Gasteiger partial charge in [-0.25, -0.2) is 14.8 Å². The van der Waals surface area contributed by atoms with Gasteiger partial charge in [0.05, 0.1) is 10.7 Å². The maximum absolute atomic E-state index is 13.1. The van der Waals surface area contributed by atoms with Crippen LogP contribution in [0.3, 0.4) is 0 Å². The molecule has 4 aromatic rings. The van der Waals surface area contributed by atoms with Gasteiger partial charge in [-0.05, 0) is 30.5 Å². The normalized spacial score (nSPS) is 16.4. The quantitative estimate of drug-likeness (QED) is 0.389. The van der Waals surface area contributed by atoms with E-state index >= 15 is 0 Å². The second-order valence-corrected chi connectivity index (χ2v) is 10.7. The average Bonchev–Trinajstić information content (AvgIpc) is 3.69. The van der Waals surface area contributed by atoms with Crippen molar-refractivity contribution in [3.63, 3.8) is 0 Å². The number of carbonyl (C=O) groups is 2. The molecule has 0 unspecified atom stereocenters. The van der Waals surface area contributed by atoms with E-state index in [4.69, 9.17) is 0 Å². The number of aromatic nitrogens is 4. The first-order valence-corrected chi connectivity index (χ1v) is 14.1. The van der Waals surface area contributed by atoms with Crippen LogP contribution in [-0.2, 0) is 0 Å². The Hall–Kier alpha value is -4.25. The minimum atomic E-state index is -0.277. The number of urea groups is 1. The van der Waals surface area contributed by atoms with Gasteiger partial charge in [-0.15, -0.1) is 11.3 Å². The van der Waals surface area contributed by atoms with Gasteiger partial charge in [-0.3, -0.25) is 9.89 Å². The molecule has 0 aliphatic carbocycles. The van der Waals surface area contributed by atoms with E-state index in [0.717, 1.165) is 48.0 Å². The number of benzene rings is 1. The summed E-state index contributed by atoms with van der Waals surface area (Å²) in [4.78, 5) is 41.1. The van der Waals surface area contributed by atoms with Crippen LogP contribution in [0.1, 0.15) is 34.3 Å². The average molecular weight is 543 g/mol. The first kappa shape index (κ1) is 25.1. The molecule has 5 heterocycles. The standard InChI is InChI=1S/C28H30N8O2S/c37-26(31-24-18-22(32-33-24)20-6-2-1-3-7-20)23-19-39-27(30-23)21-9-12-35(13-10-21)28(38)36-16-14-34(15-17-36)25-8-4-5-11-29-25/h1-8,11,18-19,21H,9-10,12-17H2,(H2,31,32,33,37). The molecule has 10 nitrogen and oxygen atoms in total. The first-order chi connectivity index (χ1) is 19.1. The predicted molar refractivity (Wildman–Crippen MR) is 151 cm³/mol. The fourth-order valence-electron chi connectivity index (χ4n) is 5.10. The summed E-state index contributed by atoms with van der Waals surface area (Å²) in [5.74, 6) is 1.39. The highest BCUT2D eigenvalue weighted by Crippen LogP contribution is 2.31. The van der Waals surface area contributed by atoms with Gasteiger partial charge < -0.3 is 20.0 Å². The van der Waals surface area contributed by atoms with Crippen molar-refractivity contribution in [3.8, 4) is 11.3 Å². The van der Waals surface area contributed by atoms with Crippen LogP contribution in [0.4, 0.5) is 16.4 Å². The van der Waals surface area contributed by atoms with Crippen molar-refractivity contribution in [2.45, 2.75) is 18.8 Å². The van der Waals surface area contributed by atoms with E-state index in [1.807, 2.05) is 64.4 Å². The van der Waals surface area contributed by atoms with Crippen molar-refractivity contribution < 1.29 is 9.59 Å². The lowest BCUT2D eigenvalue weighted by Crippen LogP contribution is -2.54. The van der Waals surface area contributed by atoms with Crippen LogP contribution < -0.4 is 10.2 Å². The minimum absolute atomic E-state index is 0.113. The number of pyridine rings is 1. The zero-order chi connectivity index (χ0) is 26.6. The molecule has 0 atom stereocenters. The highest BCUT2D eigenvalue weighted by molar-refractivity contribution is 7.10. The molecule has 2 aliphatic rings. The molecule has 0 spiro atoms. The third-order valence-corrected chi connectivity index (χ3v) is 8.30. The van der Waals surface area contributed by atoms with Gasteiger partial charge in [-0.1, -0.05) is 36.4 Å². The zero-order valence-corrected chi connectivity index (χ0v) is 22.3. The zero-order valence-electron chi connectivity index (χ0n) is 21.5. The number of thiazole rings is 1. The number of anilines is 2. The maximum Gasteiger partial charge on any atom is 0.320 e. The number of piperidine rings is 1. The van der Waals surface area contributed by atoms with E-state index in [1.54, 1.807) is 11.6 Å². The van der Waals surface area contributed by atoms with Crippen LogP contribution in [-0.4, -0.2) is 81.2 Å². The molecule has 1 aromatic carbocycles. The lowest BCUT2D eigenvalue weighted by Gasteiger charge is -2.39. The monoisotopic (exact) mass is 542 g/mol. The molecule has 2 fully saturated rings. The van der Waals surface area contributed by atoms with Crippen molar-refractivity contribution in [1.29, 1.82) is 0 Å². The second kappa shape index (κ2) is 11.2. The van der Waals surface area contributed by atoms with Crippen molar-refractivity contribution in [3.05, 3.63) is 76.9 Å². The number of piperazine rings is 1. The van der Waals surface area contributed by atoms with E-state index < -0.39 is 0 Å². The van der Waals surface area contributed by atoms with Crippen LogP contribution in [0.15, 0.2) is 66.2 Å². The van der Waals surface area contributed by atoms with Gasteiger partial charge in [0.15, 0.2) is 5.82 Å². The summed E-state index contributed by atoms with van der Waals surface area (Å²) in [7, 11) is 0. The number of hydrogen-bond donors (Lipinski definition) is 2. The largest absolute Gasteiger partial charge is 0.353 e. The molecule has 2 aliphatic heterocycles. The Balaban J connectivity index is 0.989. The summed E-state index contributed by atoms with van der Waals surface area (Å²) in [6.45, 7) is 4.36. The number of H-pyrrole nitrogens is 1. The van der Waals surface area contributed by atoms with E-state index in [9.17, 15) is 9.59 Å². The number of carbonyl (C=O) groups excluding carboxylic acids is 2. The predicted octanol–water partition coefficient (Wildman–Crippen LogP) is 4.30. The summed E-state index contributed by atoms with van der Waals surface area (Å²) >= 11 is 1.51. The molecule has 0 saturated carbocycles. The van der Waals surface area contributed by atoms with Crippen LogP contribution in [0, 0.1) is 0 Å². The van der Waals surface area contributed by atoms with E-state index in [-0.39, 0.29) is 17.9 Å². The number of amides is 3. The van der Waals surface area contributed by atoms with Gasteiger partial charge in [0.2, 0.25) is 0 Å². The van der Waals surface area contributed by atoms with Crippen molar-refractivity contribution >= 4 is 34.9 Å². The first-order valence-electron chi connectivity index (χ1n) is 13.2. The molecular formula is C28H30N8O2S.